The number of nitrogens with zero attached hydrogens (tertiary/aromatic N) is 3. The lowest BCUT2D eigenvalue weighted by Crippen LogP contribution is -2.46. The number of rotatable bonds is 3. The van der Waals surface area contributed by atoms with Gasteiger partial charge in [-0.15, -0.1) is 0 Å². The summed E-state index contributed by atoms with van der Waals surface area (Å²) in [7, 11) is 0. The highest BCUT2D eigenvalue weighted by molar-refractivity contribution is 6.27. The molecule has 0 amide bonds. The van der Waals surface area contributed by atoms with Crippen molar-refractivity contribution < 1.29 is 24.3 Å². The van der Waals surface area contributed by atoms with Crippen LogP contribution in [0.3, 0.4) is 0 Å². The third kappa shape index (κ3) is 4.03. The lowest BCUT2D eigenvalue weighted by atomic mass is 9.79. The lowest BCUT2D eigenvalue weighted by molar-refractivity contribution is -0.159. The standard InChI is InChI=1S/C12H19N3O.C2H2O4/c1-2-3-11-13-12(14-16-11)10-8-15-6-4-9(10)5-7-15;3-1(4)2(5)6/h9-10H,2-8H2,1H3;(H,3,4)(H,5,6). The summed E-state index contributed by atoms with van der Waals surface area (Å²) in [5.41, 5.74) is 0. The topological polar surface area (TPSA) is 117 Å². The molecule has 0 spiro atoms. The van der Waals surface area contributed by atoms with Crippen molar-refractivity contribution in [2.75, 3.05) is 19.6 Å². The van der Waals surface area contributed by atoms with Crippen LogP contribution in [-0.4, -0.2) is 56.8 Å². The number of carboxylic acid groups (broad SMARTS) is 2. The highest BCUT2D eigenvalue weighted by Gasteiger charge is 2.37. The number of hydrogen-bond donors (Lipinski definition) is 2. The van der Waals surface area contributed by atoms with E-state index in [1.807, 2.05) is 0 Å². The van der Waals surface area contributed by atoms with Crippen LogP contribution in [0, 0.1) is 5.92 Å². The maximum Gasteiger partial charge on any atom is 0.414 e. The Labute approximate surface area is 128 Å². The van der Waals surface area contributed by atoms with Gasteiger partial charge < -0.3 is 19.6 Å². The number of hydrogen-bond acceptors (Lipinski definition) is 6. The van der Waals surface area contributed by atoms with Crippen LogP contribution in [0.2, 0.25) is 0 Å². The fourth-order valence-corrected chi connectivity index (χ4v) is 2.99. The van der Waals surface area contributed by atoms with Gasteiger partial charge in [-0.2, -0.15) is 4.98 Å². The van der Waals surface area contributed by atoms with Crippen molar-refractivity contribution in [3.8, 4) is 0 Å². The molecular formula is C14H21N3O5. The zero-order chi connectivity index (χ0) is 16.1. The number of aromatic nitrogens is 2. The first-order valence-corrected chi connectivity index (χ1v) is 7.52. The number of carbonyl (C=O) groups is 2. The summed E-state index contributed by atoms with van der Waals surface area (Å²) < 4.78 is 5.29. The molecule has 1 atom stereocenters. The van der Waals surface area contributed by atoms with Gasteiger partial charge in [-0.1, -0.05) is 12.1 Å². The number of carboxylic acids is 2. The molecule has 1 unspecified atom stereocenters. The SMILES string of the molecule is CCCc1nc(C2CN3CCC2CC3)no1.O=C(O)C(=O)O. The Morgan fingerprint density at radius 3 is 2.36 bits per heavy atom. The summed E-state index contributed by atoms with van der Waals surface area (Å²) >= 11 is 0. The van der Waals surface area contributed by atoms with Crippen LogP contribution in [0.4, 0.5) is 0 Å². The van der Waals surface area contributed by atoms with Crippen molar-refractivity contribution in [3.05, 3.63) is 11.7 Å². The van der Waals surface area contributed by atoms with Gasteiger partial charge in [-0.05, 0) is 38.3 Å². The van der Waals surface area contributed by atoms with Crippen LogP contribution in [-0.2, 0) is 16.0 Å². The minimum Gasteiger partial charge on any atom is -0.473 e. The maximum atomic E-state index is 9.10. The normalized spacial score (nSPS) is 26.1. The molecule has 1 aromatic heterocycles. The zero-order valence-electron chi connectivity index (χ0n) is 12.6. The average molecular weight is 311 g/mol. The lowest BCUT2D eigenvalue weighted by Gasteiger charge is -2.43. The van der Waals surface area contributed by atoms with Crippen molar-refractivity contribution in [3.63, 3.8) is 0 Å². The second-order valence-corrected chi connectivity index (χ2v) is 5.65. The second-order valence-electron chi connectivity index (χ2n) is 5.65. The van der Waals surface area contributed by atoms with Crippen LogP contribution in [0.25, 0.3) is 0 Å². The van der Waals surface area contributed by atoms with Crippen LogP contribution in [0.5, 0.6) is 0 Å². The summed E-state index contributed by atoms with van der Waals surface area (Å²) in [6.07, 6.45) is 4.60. The number of aliphatic carboxylic acids is 2. The van der Waals surface area contributed by atoms with Crippen molar-refractivity contribution in [1.82, 2.24) is 15.0 Å². The summed E-state index contributed by atoms with van der Waals surface area (Å²) in [5.74, 6) is -0.564. The molecule has 8 nitrogen and oxygen atoms in total. The Bertz CT molecular complexity index is 510. The molecule has 1 aromatic rings. The predicted octanol–water partition coefficient (Wildman–Crippen LogP) is 0.987. The summed E-state index contributed by atoms with van der Waals surface area (Å²) in [6, 6.07) is 0. The van der Waals surface area contributed by atoms with Gasteiger partial charge in [0.2, 0.25) is 5.89 Å². The largest absolute Gasteiger partial charge is 0.473 e. The van der Waals surface area contributed by atoms with Crippen LogP contribution in [0.1, 0.15) is 43.8 Å². The first-order chi connectivity index (χ1) is 10.5. The molecule has 4 rings (SSSR count). The van der Waals surface area contributed by atoms with Gasteiger partial charge in [0.15, 0.2) is 5.82 Å². The number of piperidine rings is 3. The van der Waals surface area contributed by atoms with E-state index in [1.54, 1.807) is 0 Å². The second kappa shape index (κ2) is 7.35. The molecule has 2 N–H and O–H groups in total. The average Bonchev–Trinajstić information content (AvgIpc) is 2.98. The van der Waals surface area contributed by atoms with Gasteiger partial charge in [0.25, 0.3) is 0 Å². The highest BCUT2D eigenvalue weighted by Crippen LogP contribution is 2.37. The molecule has 22 heavy (non-hydrogen) atoms. The fraction of sp³-hybridized carbons (Fsp3) is 0.714. The summed E-state index contributed by atoms with van der Waals surface area (Å²) in [5, 5.41) is 18.9. The minimum atomic E-state index is -1.82. The molecule has 4 heterocycles. The third-order valence-corrected chi connectivity index (χ3v) is 4.12. The molecule has 0 aromatic carbocycles. The van der Waals surface area contributed by atoms with Crippen molar-refractivity contribution in [2.24, 2.45) is 5.92 Å². The monoisotopic (exact) mass is 311 g/mol. The predicted molar refractivity (Wildman–Crippen MR) is 75.5 cm³/mol. The summed E-state index contributed by atoms with van der Waals surface area (Å²) in [4.78, 5) is 25.3. The van der Waals surface area contributed by atoms with E-state index in [2.05, 4.69) is 22.0 Å². The molecule has 3 saturated heterocycles. The third-order valence-electron chi connectivity index (χ3n) is 4.12. The van der Waals surface area contributed by atoms with E-state index in [-0.39, 0.29) is 0 Å². The molecule has 0 radical (unpaired) electrons. The van der Waals surface area contributed by atoms with Gasteiger partial charge >= 0.3 is 11.9 Å². The van der Waals surface area contributed by atoms with Crippen molar-refractivity contribution in [1.29, 1.82) is 0 Å². The molecular weight excluding hydrogens is 290 g/mol. The molecule has 122 valence electrons. The van der Waals surface area contributed by atoms with Gasteiger partial charge in [-0.25, -0.2) is 9.59 Å². The van der Waals surface area contributed by atoms with Crippen LogP contribution >= 0.6 is 0 Å². The molecule has 3 aliphatic rings. The molecule has 8 heteroatoms. The first kappa shape index (κ1) is 16.4. The van der Waals surface area contributed by atoms with E-state index < -0.39 is 11.9 Å². The zero-order valence-corrected chi connectivity index (χ0v) is 12.6. The Morgan fingerprint density at radius 1 is 1.27 bits per heavy atom. The Kier molecular flexibility index (Phi) is 5.48. The van der Waals surface area contributed by atoms with Crippen LogP contribution in [0.15, 0.2) is 4.52 Å². The molecule has 2 bridgehead atoms. The summed E-state index contributed by atoms with van der Waals surface area (Å²) in [6.45, 7) is 5.80. The Balaban J connectivity index is 0.000000254. The first-order valence-electron chi connectivity index (χ1n) is 7.52. The van der Waals surface area contributed by atoms with E-state index in [0.717, 1.165) is 37.0 Å². The van der Waals surface area contributed by atoms with E-state index in [4.69, 9.17) is 24.3 Å². The quantitative estimate of drug-likeness (QED) is 0.794. The highest BCUT2D eigenvalue weighted by atomic mass is 16.5. The van der Waals surface area contributed by atoms with Gasteiger partial charge in [0.1, 0.15) is 0 Å². The van der Waals surface area contributed by atoms with E-state index in [9.17, 15) is 0 Å². The van der Waals surface area contributed by atoms with E-state index in [1.165, 1.54) is 25.9 Å². The number of aryl methyl sites for hydroxylation is 1. The van der Waals surface area contributed by atoms with Crippen LogP contribution < -0.4 is 0 Å². The fourth-order valence-electron chi connectivity index (χ4n) is 2.99. The smallest absolute Gasteiger partial charge is 0.414 e. The van der Waals surface area contributed by atoms with E-state index >= 15 is 0 Å². The minimum absolute atomic E-state index is 0.525. The Morgan fingerprint density at radius 2 is 1.91 bits per heavy atom. The van der Waals surface area contributed by atoms with Gasteiger partial charge in [0.05, 0.1) is 0 Å². The Hall–Kier alpha value is -1.96. The maximum absolute atomic E-state index is 9.10. The van der Waals surface area contributed by atoms with Crippen molar-refractivity contribution >= 4 is 11.9 Å². The molecule has 3 aliphatic heterocycles. The van der Waals surface area contributed by atoms with Gasteiger partial charge in [-0.3, -0.25) is 0 Å². The molecule has 0 aliphatic carbocycles. The molecule has 3 fully saturated rings. The number of fused-ring (bicyclic) bond motifs is 3. The molecule has 0 saturated carbocycles. The van der Waals surface area contributed by atoms with Crippen molar-refractivity contribution in [2.45, 2.75) is 38.5 Å². The van der Waals surface area contributed by atoms with E-state index in [0.29, 0.717) is 5.92 Å². The van der Waals surface area contributed by atoms with Gasteiger partial charge in [0, 0.05) is 18.9 Å².